The maximum atomic E-state index is 12.8. The Hall–Kier alpha value is -2.70. The van der Waals surface area contributed by atoms with Gasteiger partial charge in [-0.1, -0.05) is 0 Å². The summed E-state index contributed by atoms with van der Waals surface area (Å²) in [6.07, 6.45) is 2.10. The number of amides is 1. The van der Waals surface area contributed by atoms with E-state index in [1.54, 1.807) is 18.2 Å². The third-order valence-corrected chi connectivity index (χ3v) is 5.00. The summed E-state index contributed by atoms with van der Waals surface area (Å²) >= 11 is 0. The van der Waals surface area contributed by atoms with Gasteiger partial charge >= 0.3 is 0 Å². The number of hydrogen-bond acceptors (Lipinski definition) is 5. The fourth-order valence-electron chi connectivity index (χ4n) is 3.22. The van der Waals surface area contributed by atoms with E-state index in [4.69, 9.17) is 14.2 Å². The van der Waals surface area contributed by atoms with Crippen LogP contribution in [0.2, 0.25) is 0 Å². The van der Waals surface area contributed by atoms with Gasteiger partial charge < -0.3 is 19.1 Å². The maximum Gasteiger partial charge on any atom is 0.261 e. The smallest absolute Gasteiger partial charge is 0.261 e. The second-order valence-corrected chi connectivity index (χ2v) is 6.83. The van der Waals surface area contributed by atoms with Gasteiger partial charge in [0.2, 0.25) is 6.79 Å². The lowest BCUT2D eigenvalue weighted by Crippen LogP contribution is -2.36. The van der Waals surface area contributed by atoms with Crippen LogP contribution in [0.15, 0.2) is 18.2 Å². The quantitative estimate of drug-likeness (QED) is 0.794. The summed E-state index contributed by atoms with van der Waals surface area (Å²) < 4.78 is 18.2. The minimum Gasteiger partial charge on any atom is -0.484 e. The zero-order valence-corrected chi connectivity index (χ0v) is 15.3. The van der Waals surface area contributed by atoms with E-state index < -0.39 is 0 Å². The molecule has 1 aliphatic carbocycles. The molecule has 1 fully saturated rings. The van der Waals surface area contributed by atoms with Crippen molar-refractivity contribution in [3.8, 4) is 17.2 Å². The molecule has 0 atom stereocenters. The number of ether oxygens (including phenoxy) is 3. The molecule has 2 heterocycles. The molecule has 2 aliphatic rings. The van der Waals surface area contributed by atoms with E-state index in [0.29, 0.717) is 29.8 Å². The maximum absolute atomic E-state index is 12.8. The van der Waals surface area contributed by atoms with Crippen LogP contribution in [0, 0.1) is 13.8 Å². The van der Waals surface area contributed by atoms with Gasteiger partial charge in [-0.2, -0.15) is 5.10 Å². The van der Waals surface area contributed by atoms with Crippen LogP contribution in [0.25, 0.3) is 0 Å². The summed E-state index contributed by atoms with van der Waals surface area (Å²) in [6.45, 7) is 4.83. The Kier molecular flexibility index (Phi) is 4.22. The highest BCUT2D eigenvalue weighted by Crippen LogP contribution is 2.35. The predicted molar refractivity (Wildman–Crippen MR) is 94.3 cm³/mol. The van der Waals surface area contributed by atoms with Crippen LogP contribution in [0.4, 0.5) is 0 Å². The van der Waals surface area contributed by atoms with Gasteiger partial charge in [-0.15, -0.1) is 0 Å². The van der Waals surface area contributed by atoms with E-state index in [-0.39, 0.29) is 19.3 Å². The minimum atomic E-state index is -0.00665. The number of fused-ring (bicyclic) bond motifs is 1. The molecule has 7 heteroatoms. The second kappa shape index (κ2) is 6.55. The number of nitrogens with zero attached hydrogens (tertiary/aromatic N) is 3. The fourth-order valence-corrected chi connectivity index (χ4v) is 3.22. The highest BCUT2D eigenvalue weighted by molar-refractivity contribution is 5.78. The van der Waals surface area contributed by atoms with Crippen LogP contribution in [0.5, 0.6) is 17.2 Å². The molecule has 138 valence electrons. The summed E-state index contributed by atoms with van der Waals surface area (Å²) in [4.78, 5) is 14.7. The van der Waals surface area contributed by atoms with E-state index in [9.17, 15) is 4.79 Å². The molecule has 0 spiro atoms. The van der Waals surface area contributed by atoms with Crippen LogP contribution >= 0.6 is 0 Å². The first-order valence-electron chi connectivity index (χ1n) is 8.84. The Morgan fingerprint density at radius 1 is 1.31 bits per heavy atom. The molecule has 26 heavy (non-hydrogen) atoms. The number of aryl methyl sites for hydroxylation is 2. The van der Waals surface area contributed by atoms with Gasteiger partial charge in [-0.3, -0.25) is 9.48 Å². The van der Waals surface area contributed by atoms with Crippen LogP contribution < -0.4 is 14.2 Å². The van der Waals surface area contributed by atoms with Crippen molar-refractivity contribution in [2.45, 2.75) is 39.3 Å². The van der Waals surface area contributed by atoms with Gasteiger partial charge in [-0.05, 0) is 38.8 Å². The Morgan fingerprint density at radius 2 is 2.08 bits per heavy atom. The number of carbonyl (C=O) groups is 1. The van der Waals surface area contributed by atoms with Crippen molar-refractivity contribution in [1.82, 2.24) is 14.7 Å². The van der Waals surface area contributed by atoms with Crippen molar-refractivity contribution in [1.29, 1.82) is 0 Å². The van der Waals surface area contributed by atoms with Crippen molar-refractivity contribution in [2.24, 2.45) is 7.05 Å². The van der Waals surface area contributed by atoms with E-state index >= 15 is 0 Å². The number of benzene rings is 1. The van der Waals surface area contributed by atoms with Gasteiger partial charge in [0.15, 0.2) is 18.1 Å². The Morgan fingerprint density at radius 3 is 2.77 bits per heavy atom. The highest BCUT2D eigenvalue weighted by Gasteiger charge is 2.33. The number of hydrogen-bond donors (Lipinski definition) is 0. The van der Waals surface area contributed by atoms with E-state index in [1.807, 2.05) is 30.5 Å². The topological polar surface area (TPSA) is 65.8 Å². The normalized spacial score (nSPS) is 15.2. The summed E-state index contributed by atoms with van der Waals surface area (Å²) in [6, 6.07) is 5.65. The summed E-state index contributed by atoms with van der Waals surface area (Å²) in [5.41, 5.74) is 3.19. The number of carbonyl (C=O) groups excluding carboxylic acids is 1. The summed E-state index contributed by atoms with van der Waals surface area (Å²) in [5.74, 6) is 1.95. The molecule has 1 amide bonds. The molecule has 1 saturated carbocycles. The molecule has 0 saturated heterocycles. The predicted octanol–water partition coefficient (Wildman–Crippen LogP) is 2.34. The largest absolute Gasteiger partial charge is 0.484 e. The molecule has 0 N–H and O–H groups in total. The van der Waals surface area contributed by atoms with Crippen LogP contribution in [-0.2, 0) is 18.4 Å². The zero-order chi connectivity index (χ0) is 18.3. The monoisotopic (exact) mass is 357 g/mol. The minimum absolute atomic E-state index is 0.00665. The summed E-state index contributed by atoms with van der Waals surface area (Å²) in [5, 5.41) is 4.45. The Bertz CT molecular complexity index is 842. The Labute approximate surface area is 152 Å². The third kappa shape index (κ3) is 3.21. The Balaban J connectivity index is 1.43. The van der Waals surface area contributed by atoms with Crippen LogP contribution in [0.3, 0.4) is 0 Å². The molecular formula is C19H23N3O4. The van der Waals surface area contributed by atoms with Crippen LogP contribution in [-0.4, -0.2) is 40.0 Å². The molecule has 0 radical (unpaired) electrons. The van der Waals surface area contributed by atoms with Gasteiger partial charge in [0.05, 0.1) is 5.69 Å². The highest BCUT2D eigenvalue weighted by atomic mass is 16.7. The molecule has 0 bridgehead atoms. The molecule has 4 rings (SSSR count). The van der Waals surface area contributed by atoms with Crippen molar-refractivity contribution in [3.05, 3.63) is 35.2 Å². The van der Waals surface area contributed by atoms with Crippen LogP contribution in [0.1, 0.15) is 29.8 Å². The molecule has 1 aliphatic heterocycles. The first kappa shape index (κ1) is 16.8. The molecular weight excluding hydrogens is 334 g/mol. The fraction of sp³-hybridized carbons (Fsp3) is 0.474. The average Bonchev–Trinajstić information content (AvgIpc) is 3.30. The van der Waals surface area contributed by atoms with Crippen molar-refractivity contribution in [3.63, 3.8) is 0 Å². The van der Waals surface area contributed by atoms with Gasteiger partial charge in [0.25, 0.3) is 5.91 Å². The lowest BCUT2D eigenvalue weighted by Gasteiger charge is -2.23. The molecule has 2 aromatic rings. The van der Waals surface area contributed by atoms with Crippen molar-refractivity contribution >= 4 is 5.91 Å². The van der Waals surface area contributed by atoms with Gasteiger partial charge in [0.1, 0.15) is 5.75 Å². The standard InChI is InChI=1S/C19H23N3O4/c1-12-16(13(2)21(3)20-12)9-22(14-4-5-14)19(23)10-24-15-6-7-17-18(8-15)26-11-25-17/h6-8,14H,4-5,9-11H2,1-3H3. The number of rotatable bonds is 6. The molecule has 1 aromatic heterocycles. The lowest BCUT2D eigenvalue weighted by atomic mass is 10.2. The zero-order valence-electron chi connectivity index (χ0n) is 15.3. The third-order valence-electron chi connectivity index (χ3n) is 5.00. The van der Waals surface area contributed by atoms with Gasteiger partial charge in [0, 0.05) is 37.0 Å². The molecule has 1 aromatic carbocycles. The van der Waals surface area contributed by atoms with Crippen molar-refractivity contribution in [2.75, 3.05) is 13.4 Å². The second-order valence-electron chi connectivity index (χ2n) is 6.83. The first-order valence-corrected chi connectivity index (χ1v) is 8.84. The number of aromatic nitrogens is 2. The molecule has 7 nitrogen and oxygen atoms in total. The first-order chi connectivity index (χ1) is 12.5. The lowest BCUT2D eigenvalue weighted by molar-refractivity contribution is -0.134. The summed E-state index contributed by atoms with van der Waals surface area (Å²) in [7, 11) is 1.93. The van der Waals surface area contributed by atoms with E-state index in [2.05, 4.69) is 5.10 Å². The van der Waals surface area contributed by atoms with Gasteiger partial charge in [-0.25, -0.2) is 0 Å². The van der Waals surface area contributed by atoms with E-state index in [0.717, 1.165) is 29.8 Å². The van der Waals surface area contributed by atoms with E-state index in [1.165, 1.54) is 0 Å². The average molecular weight is 357 g/mol. The van der Waals surface area contributed by atoms with Crippen molar-refractivity contribution < 1.29 is 19.0 Å². The molecule has 0 unspecified atom stereocenters. The SMILES string of the molecule is Cc1nn(C)c(C)c1CN(C(=O)COc1ccc2c(c1)OCO2)C1CC1.